The fourth-order valence-electron chi connectivity index (χ4n) is 1.44. The number of halogens is 1. The normalized spacial score (nSPS) is 10.2. The van der Waals surface area contributed by atoms with Gasteiger partial charge in [0.1, 0.15) is 10.8 Å². The fraction of sp³-hybridized carbons (Fsp3) is 0.182. The predicted octanol–water partition coefficient (Wildman–Crippen LogP) is 2.89. The van der Waals surface area contributed by atoms with Gasteiger partial charge in [0.05, 0.1) is 5.56 Å². The van der Waals surface area contributed by atoms with E-state index in [4.69, 9.17) is 17.3 Å². The van der Waals surface area contributed by atoms with Crippen LogP contribution in [0, 0.1) is 0 Å². The van der Waals surface area contributed by atoms with Crippen molar-refractivity contribution in [3.05, 3.63) is 21.7 Å². The Morgan fingerprint density at radius 2 is 2.29 bits per heavy atom. The summed E-state index contributed by atoms with van der Waals surface area (Å²) >= 11 is 9.69. The van der Waals surface area contributed by atoms with Crippen molar-refractivity contribution >= 4 is 56.5 Å². The quantitative estimate of drug-likeness (QED) is 0.696. The Bertz CT molecular complexity index is 691. The number of thiocarbonyl (C=S) groups is 1. The van der Waals surface area contributed by atoms with Crippen LogP contribution in [-0.4, -0.2) is 31.5 Å². The zero-order valence-electron chi connectivity index (χ0n) is 10.8. The Labute approximate surface area is 137 Å². The largest absolute Gasteiger partial charge is 0.465 e. The summed E-state index contributed by atoms with van der Waals surface area (Å²) in [6.45, 7) is 1.99. The Morgan fingerprint density at radius 1 is 1.52 bits per heavy atom. The molecule has 0 aliphatic carbocycles. The number of nitrogens with zero attached hydrogens (tertiary/aromatic N) is 3. The summed E-state index contributed by atoms with van der Waals surface area (Å²) in [6, 6.07) is 1.82. The van der Waals surface area contributed by atoms with Gasteiger partial charge in [-0.25, -0.2) is 9.78 Å². The van der Waals surface area contributed by atoms with Gasteiger partial charge in [-0.1, -0.05) is 18.3 Å². The molecular formula is C11H10BrN5O2S2. The molecule has 0 aliphatic rings. The molecule has 0 aliphatic heterocycles. The summed E-state index contributed by atoms with van der Waals surface area (Å²) in [6.07, 6.45) is 1.13. The minimum Gasteiger partial charge on any atom is -0.465 e. The molecule has 0 fully saturated rings. The fourth-order valence-corrected chi connectivity index (χ4v) is 2.75. The molecule has 0 saturated heterocycles. The number of hydrogen-bond acceptors (Lipinski definition) is 6. The number of nitrogens with one attached hydrogen (secondary N) is 2. The van der Waals surface area contributed by atoms with Crippen molar-refractivity contribution in [1.29, 1.82) is 0 Å². The second-order valence-electron chi connectivity index (χ2n) is 3.79. The smallest absolute Gasteiger partial charge is 0.410 e. The summed E-state index contributed by atoms with van der Waals surface area (Å²) in [5.41, 5.74) is 0.691. The van der Waals surface area contributed by atoms with Crippen LogP contribution in [0.3, 0.4) is 0 Å². The maximum atomic E-state index is 10.6. The van der Waals surface area contributed by atoms with Crippen molar-refractivity contribution in [1.82, 2.24) is 20.5 Å². The van der Waals surface area contributed by atoms with Crippen LogP contribution in [-0.2, 0) is 6.42 Å². The Morgan fingerprint density at radius 3 is 2.90 bits per heavy atom. The highest BCUT2D eigenvalue weighted by molar-refractivity contribution is 9.10. The number of pyridine rings is 1. The lowest BCUT2D eigenvalue weighted by atomic mass is 10.2. The lowest BCUT2D eigenvalue weighted by Gasteiger charge is -2.10. The lowest BCUT2D eigenvalue weighted by molar-refractivity contribution is 0.200. The highest BCUT2D eigenvalue weighted by atomic mass is 79.9. The minimum atomic E-state index is -1.24. The topological polar surface area (TPSA) is 100 Å². The highest BCUT2D eigenvalue weighted by Crippen LogP contribution is 2.31. The van der Waals surface area contributed by atoms with Crippen molar-refractivity contribution in [2.24, 2.45) is 0 Å². The number of aryl methyl sites for hydroxylation is 1. The van der Waals surface area contributed by atoms with Gasteiger partial charge in [0.25, 0.3) is 0 Å². The van der Waals surface area contributed by atoms with Crippen molar-refractivity contribution in [3.63, 3.8) is 0 Å². The molecule has 0 aromatic carbocycles. The van der Waals surface area contributed by atoms with Crippen LogP contribution >= 0.6 is 39.5 Å². The molecule has 110 valence electrons. The van der Waals surface area contributed by atoms with E-state index < -0.39 is 6.09 Å². The Kier molecular flexibility index (Phi) is 5.15. The van der Waals surface area contributed by atoms with E-state index in [1.165, 1.54) is 11.3 Å². The molecule has 0 radical (unpaired) electrons. The summed E-state index contributed by atoms with van der Waals surface area (Å²) < 4.78 is 0.772. The third-order valence-corrected chi connectivity index (χ3v) is 4.05. The van der Waals surface area contributed by atoms with Gasteiger partial charge in [-0.2, -0.15) is 0 Å². The van der Waals surface area contributed by atoms with Gasteiger partial charge in [0, 0.05) is 10.7 Å². The molecule has 0 saturated carbocycles. The third-order valence-electron chi connectivity index (χ3n) is 2.31. The van der Waals surface area contributed by atoms with E-state index in [2.05, 4.69) is 41.7 Å². The van der Waals surface area contributed by atoms with Gasteiger partial charge in [-0.15, -0.1) is 10.2 Å². The van der Waals surface area contributed by atoms with Crippen LogP contribution in [0.1, 0.15) is 11.9 Å². The number of hydrogen-bond donors (Lipinski definition) is 3. The van der Waals surface area contributed by atoms with Crippen LogP contribution in [0.15, 0.2) is 16.7 Å². The molecule has 2 rings (SSSR count). The molecule has 3 N–H and O–H groups in total. The number of rotatable bonds is 3. The molecule has 0 bridgehead atoms. The number of amides is 1. The molecule has 2 aromatic rings. The molecular weight excluding hydrogens is 378 g/mol. The van der Waals surface area contributed by atoms with E-state index in [9.17, 15) is 4.79 Å². The second kappa shape index (κ2) is 6.87. The standard InChI is InChI=1S/C11H10BrN5O2S2/c1-2-7-16-17-9(21-7)6-3-5(12)4-13-8(6)14-10(20)15-11(18)19/h3-4H,2H2,1H3,(H,18,19)(H2,13,14,15,20). The van der Waals surface area contributed by atoms with E-state index >= 15 is 0 Å². The predicted molar refractivity (Wildman–Crippen MR) is 87.6 cm³/mol. The van der Waals surface area contributed by atoms with E-state index in [-0.39, 0.29) is 5.11 Å². The molecule has 0 spiro atoms. The molecule has 1 amide bonds. The molecule has 2 aromatic heterocycles. The first-order chi connectivity index (χ1) is 9.99. The van der Waals surface area contributed by atoms with Crippen molar-refractivity contribution < 1.29 is 9.90 Å². The summed E-state index contributed by atoms with van der Waals surface area (Å²) in [7, 11) is 0. The first-order valence-electron chi connectivity index (χ1n) is 5.78. The highest BCUT2D eigenvalue weighted by Gasteiger charge is 2.14. The zero-order chi connectivity index (χ0) is 15.4. The molecule has 0 atom stereocenters. The third kappa shape index (κ3) is 4.16. The van der Waals surface area contributed by atoms with E-state index in [0.29, 0.717) is 16.4 Å². The van der Waals surface area contributed by atoms with Crippen LogP contribution in [0.2, 0.25) is 0 Å². The van der Waals surface area contributed by atoms with E-state index in [1.807, 2.05) is 13.0 Å². The van der Waals surface area contributed by atoms with Gasteiger partial charge in [-0.3, -0.25) is 5.32 Å². The van der Waals surface area contributed by atoms with Crippen molar-refractivity contribution in [2.75, 3.05) is 5.32 Å². The van der Waals surface area contributed by atoms with Gasteiger partial charge < -0.3 is 10.4 Å². The maximum Gasteiger partial charge on any atom is 0.410 e. The lowest BCUT2D eigenvalue weighted by Crippen LogP contribution is -2.33. The minimum absolute atomic E-state index is 0.0567. The number of aromatic nitrogens is 3. The summed E-state index contributed by atoms with van der Waals surface area (Å²) in [4.78, 5) is 14.8. The summed E-state index contributed by atoms with van der Waals surface area (Å²) in [5.74, 6) is 0.413. The molecule has 21 heavy (non-hydrogen) atoms. The van der Waals surface area contributed by atoms with Crippen molar-refractivity contribution in [3.8, 4) is 10.6 Å². The van der Waals surface area contributed by atoms with Crippen LogP contribution < -0.4 is 10.6 Å². The first kappa shape index (κ1) is 15.7. The van der Waals surface area contributed by atoms with E-state index in [1.54, 1.807) is 6.20 Å². The number of carboxylic acid groups (broad SMARTS) is 1. The van der Waals surface area contributed by atoms with Gasteiger partial charge in [-0.05, 0) is 40.6 Å². The Balaban J connectivity index is 2.33. The summed E-state index contributed by atoms with van der Waals surface area (Å²) in [5, 5.41) is 23.1. The van der Waals surface area contributed by atoms with Crippen LogP contribution in [0.4, 0.5) is 10.6 Å². The zero-order valence-corrected chi connectivity index (χ0v) is 14.0. The first-order valence-corrected chi connectivity index (χ1v) is 7.80. The van der Waals surface area contributed by atoms with Crippen LogP contribution in [0.25, 0.3) is 10.6 Å². The second-order valence-corrected chi connectivity index (χ2v) is 6.17. The monoisotopic (exact) mass is 387 g/mol. The molecule has 7 nitrogen and oxygen atoms in total. The molecule has 0 unspecified atom stereocenters. The van der Waals surface area contributed by atoms with Gasteiger partial charge in [0.15, 0.2) is 10.1 Å². The Hall–Kier alpha value is -1.65. The van der Waals surface area contributed by atoms with Gasteiger partial charge >= 0.3 is 6.09 Å². The van der Waals surface area contributed by atoms with Crippen molar-refractivity contribution in [2.45, 2.75) is 13.3 Å². The van der Waals surface area contributed by atoms with Crippen LogP contribution in [0.5, 0.6) is 0 Å². The molecule has 10 heteroatoms. The maximum absolute atomic E-state index is 10.6. The molecule has 2 heterocycles. The SMILES string of the molecule is CCc1nnc(-c2cc(Br)cnc2NC(=S)NC(=O)O)s1. The van der Waals surface area contributed by atoms with Gasteiger partial charge in [0.2, 0.25) is 0 Å². The number of carbonyl (C=O) groups is 1. The number of anilines is 1. The van der Waals surface area contributed by atoms with E-state index in [0.717, 1.165) is 15.9 Å². The average molecular weight is 388 g/mol. The average Bonchev–Trinajstić information content (AvgIpc) is 2.88.